The summed E-state index contributed by atoms with van der Waals surface area (Å²) in [5, 5.41) is 8.23. The number of benzene rings is 1. The second-order valence-electron chi connectivity index (χ2n) is 7.27. The van der Waals surface area contributed by atoms with Gasteiger partial charge in [0.25, 0.3) is 0 Å². The van der Waals surface area contributed by atoms with Gasteiger partial charge in [-0.05, 0) is 30.5 Å². The topological polar surface area (TPSA) is 85.2 Å². The van der Waals surface area contributed by atoms with Crippen LogP contribution in [0.4, 0.5) is 5.82 Å². The van der Waals surface area contributed by atoms with E-state index in [9.17, 15) is 4.79 Å². The molecule has 0 unspecified atom stereocenters. The summed E-state index contributed by atoms with van der Waals surface area (Å²) >= 11 is 0. The number of rotatable bonds is 6. The Bertz CT molecular complexity index is 978. The van der Waals surface area contributed by atoms with E-state index in [0.717, 1.165) is 35.6 Å². The van der Waals surface area contributed by atoms with E-state index in [0.29, 0.717) is 12.2 Å². The monoisotopic (exact) mass is 394 g/mol. The Morgan fingerprint density at radius 2 is 2.00 bits per heavy atom. The van der Waals surface area contributed by atoms with Gasteiger partial charge < -0.3 is 15.0 Å². The molecule has 1 aliphatic rings. The average Bonchev–Trinajstić information content (AvgIpc) is 2.97. The smallest absolute Gasteiger partial charge is 0.242 e. The van der Waals surface area contributed by atoms with E-state index in [-0.39, 0.29) is 12.5 Å². The zero-order valence-corrected chi connectivity index (χ0v) is 16.7. The molecule has 0 radical (unpaired) electrons. The fraction of sp³-hybridized carbons (Fsp3) is 0.429. The van der Waals surface area contributed by atoms with Crippen LogP contribution in [0.1, 0.15) is 31.2 Å². The van der Waals surface area contributed by atoms with E-state index >= 15 is 0 Å². The van der Waals surface area contributed by atoms with Crippen molar-refractivity contribution in [2.24, 2.45) is 0 Å². The Balaban J connectivity index is 1.45. The number of nitrogens with zero attached hydrogens (tertiary/aromatic N) is 5. The minimum atomic E-state index is -0.118. The van der Waals surface area contributed by atoms with Crippen molar-refractivity contribution in [3.8, 4) is 5.75 Å². The van der Waals surface area contributed by atoms with Crippen molar-refractivity contribution in [1.82, 2.24) is 25.1 Å². The lowest BCUT2D eigenvalue weighted by Crippen LogP contribution is -2.27. The van der Waals surface area contributed by atoms with Crippen LogP contribution in [0, 0.1) is 0 Å². The third kappa shape index (κ3) is 4.47. The molecular formula is C21H26N6O2. The fourth-order valence-corrected chi connectivity index (χ4v) is 3.71. The molecule has 3 aromatic rings. The normalized spacial score (nSPS) is 14.6. The van der Waals surface area contributed by atoms with Crippen molar-refractivity contribution in [3.05, 3.63) is 42.4 Å². The molecule has 0 saturated carbocycles. The molecule has 152 valence electrons. The van der Waals surface area contributed by atoms with Gasteiger partial charge in [-0.2, -0.15) is 5.10 Å². The summed E-state index contributed by atoms with van der Waals surface area (Å²) in [5.41, 5.74) is 1.67. The maximum Gasteiger partial charge on any atom is 0.242 e. The lowest BCUT2D eigenvalue weighted by Gasteiger charge is -2.21. The molecule has 1 aliphatic heterocycles. The van der Waals surface area contributed by atoms with Gasteiger partial charge in [0, 0.05) is 19.6 Å². The molecular weight excluding hydrogens is 368 g/mol. The molecule has 2 aromatic heterocycles. The molecule has 29 heavy (non-hydrogen) atoms. The van der Waals surface area contributed by atoms with Gasteiger partial charge in [0.15, 0.2) is 5.65 Å². The minimum Gasteiger partial charge on any atom is -0.497 e. The molecule has 1 amide bonds. The van der Waals surface area contributed by atoms with Crippen molar-refractivity contribution in [2.45, 2.75) is 38.8 Å². The molecule has 1 aromatic carbocycles. The Kier molecular flexibility index (Phi) is 5.88. The van der Waals surface area contributed by atoms with E-state index in [1.807, 2.05) is 24.3 Å². The SMILES string of the molecule is COc1cccc(CNC(=O)Cn2ncc3c(N4CCCCCC4)ncnc32)c1. The van der Waals surface area contributed by atoms with Crippen LogP contribution >= 0.6 is 0 Å². The van der Waals surface area contributed by atoms with Crippen LogP contribution < -0.4 is 15.0 Å². The zero-order valence-electron chi connectivity index (χ0n) is 16.7. The van der Waals surface area contributed by atoms with Gasteiger partial charge in [-0.25, -0.2) is 14.6 Å². The van der Waals surface area contributed by atoms with Crippen LogP contribution in [-0.2, 0) is 17.9 Å². The molecule has 3 heterocycles. The molecule has 0 aliphatic carbocycles. The van der Waals surface area contributed by atoms with Gasteiger partial charge in [-0.3, -0.25) is 4.79 Å². The molecule has 1 N–H and O–H groups in total. The van der Waals surface area contributed by atoms with Crippen molar-refractivity contribution >= 4 is 22.8 Å². The zero-order chi connectivity index (χ0) is 20.1. The molecule has 0 bridgehead atoms. The van der Waals surface area contributed by atoms with Crippen molar-refractivity contribution in [1.29, 1.82) is 0 Å². The van der Waals surface area contributed by atoms with Gasteiger partial charge in [0.2, 0.25) is 5.91 Å². The van der Waals surface area contributed by atoms with Gasteiger partial charge in [-0.15, -0.1) is 0 Å². The number of ether oxygens (including phenoxy) is 1. The second kappa shape index (κ2) is 8.89. The van der Waals surface area contributed by atoms with E-state index in [4.69, 9.17) is 4.74 Å². The number of methoxy groups -OCH3 is 1. The first-order chi connectivity index (χ1) is 14.2. The third-order valence-corrected chi connectivity index (χ3v) is 5.24. The Hall–Kier alpha value is -3.16. The number of amides is 1. The minimum absolute atomic E-state index is 0.115. The number of hydrogen-bond acceptors (Lipinski definition) is 6. The van der Waals surface area contributed by atoms with Crippen molar-refractivity contribution in [2.75, 3.05) is 25.1 Å². The van der Waals surface area contributed by atoms with E-state index in [1.54, 1.807) is 24.3 Å². The first-order valence-electron chi connectivity index (χ1n) is 10.1. The van der Waals surface area contributed by atoms with Gasteiger partial charge >= 0.3 is 0 Å². The summed E-state index contributed by atoms with van der Waals surface area (Å²) in [6, 6.07) is 7.64. The largest absolute Gasteiger partial charge is 0.497 e. The first kappa shape index (κ1) is 19.2. The van der Waals surface area contributed by atoms with E-state index in [2.05, 4.69) is 25.3 Å². The molecule has 4 rings (SSSR count). The predicted octanol–water partition coefficient (Wildman–Crippen LogP) is 2.53. The highest BCUT2D eigenvalue weighted by atomic mass is 16.5. The Labute approximate surface area is 169 Å². The lowest BCUT2D eigenvalue weighted by atomic mass is 10.2. The van der Waals surface area contributed by atoms with Crippen LogP contribution in [-0.4, -0.2) is 45.9 Å². The quantitative estimate of drug-likeness (QED) is 0.692. The van der Waals surface area contributed by atoms with Crippen LogP contribution in [0.25, 0.3) is 11.0 Å². The van der Waals surface area contributed by atoms with Crippen LogP contribution in [0.5, 0.6) is 5.75 Å². The fourth-order valence-electron chi connectivity index (χ4n) is 3.71. The summed E-state index contributed by atoms with van der Waals surface area (Å²) in [5.74, 6) is 1.57. The van der Waals surface area contributed by atoms with Gasteiger partial charge in [-0.1, -0.05) is 25.0 Å². The summed E-state index contributed by atoms with van der Waals surface area (Å²) in [7, 11) is 1.63. The highest BCUT2D eigenvalue weighted by Gasteiger charge is 2.18. The first-order valence-corrected chi connectivity index (χ1v) is 10.1. The van der Waals surface area contributed by atoms with E-state index in [1.165, 1.54) is 25.7 Å². The van der Waals surface area contributed by atoms with E-state index < -0.39 is 0 Å². The molecule has 0 spiro atoms. The van der Waals surface area contributed by atoms with Crippen LogP contribution in [0.15, 0.2) is 36.8 Å². The maximum absolute atomic E-state index is 12.5. The van der Waals surface area contributed by atoms with Crippen molar-refractivity contribution < 1.29 is 9.53 Å². The number of anilines is 1. The molecule has 8 heteroatoms. The van der Waals surface area contributed by atoms with Gasteiger partial charge in [0.05, 0.1) is 18.7 Å². The molecule has 1 saturated heterocycles. The Morgan fingerprint density at radius 3 is 2.79 bits per heavy atom. The van der Waals surface area contributed by atoms with Crippen LogP contribution in [0.2, 0.25) is 0 Å². The molecule has 8 nitrogen and oxygen atoms in total. The molecule has 1 fully saturated rings. The van der Waals surface area contributed by atoms with Crippen LogP contribution in [0.3, 0.4) is 0 Å². The number of nitrogens with one attached hydrogen (secondary N) is 1. The number of aromatic nitrogens is 4. The summed E-state index contributed by atoms with van der Waals surface area (Å²) in [6.07, 6.45) is 8.20. The predicted molar refractivity (Wildman–Crippen MR) is 111 cm³/mol. The van der Waals surface area contributed by atoms with Crippen molar-refractivity contribution in [3.63, 3.8) is 0 Å². The standard InChI is InChI=1S/C21H26N6O2/c1-29-17-8-6-7-16(11-17)12-22-19(28)14-27-21-18(13-25-27)20(23-15-24-21)26-9-4-2-3-5-10-26/h6-8,11,13,15H,2-5,9-10,12,14H2,1H3,(H,22,28). The Morgan fingerprint density at radius 1 is 1.17 bits per heavy atom. The summed E-state index contributed by atoms with van der Waals surface area (Å²) < 4.78 is 6.86. The number of fused-ring (bicyclic) bond motifs is 1. The molecule has 0 atom stereocenters. The number of hydrogen-bond donors (Lipinski definition) is 1. The highest BCUT2D eigenvalue weighted by molar-refractivity contribution is 5.87. The summed E-state index contributed by atoms with van der Waals surface area (Å²) in [6.45, 7) is 2.55. The van der Waals surface area contributed by atoms with Gasteiger partial charge in [0.1, 0.15) is 24.4 Å². The highest BCUT2D eigenvalue weighted by Crippen LogP contribution is 2.25. The number of carbonyl (C=O) groups excluding carboxylic acids is 1. The second-order valence-corrected chi connectivity index (χ2v) is 7.27. The maximum atomic E-state index is 12.5. The average molecular weight is 394 g/mol. The lowest BCUT2D eigenvalue weighted by molar-refractivity contribution is -0.121. The number of carbonyl (C=O) groups is 1. The third-order valence-electron chi connectivity index (χ3n) is 5.24. The summed E-state index contributed by atoms with van der Waals surface area (Å²) in [4.78, 5) is 23.7.